The molecular formula is C35H36FN3O4. The first-order chi connectivity index (χ1) is 21.0. The normalized spacial score (nSPS) is 13.0. The highest BCUT2D eigenvalue weighted by Crippen LogP contribution is 2.27. The topological polar surface area (TPSA) is 62.3 Å². The molecule has 0 N–H and O–H groups in total. The van der Waals surface area contributed by atoms with Crippen LogP contribution < -0.4 is 14.5 Å². The van der Waals surface area contributed by atoms with Crippen LogP contribution in [0.4, 0.5) is 15.8 Å². The van der Waals surface area contributed by atoms with Gasteiger partial charge in [0.25, 0.3) is 0 Å². The van der Waals surface area contributed by atoms with Crippen LogP contribution in [0.25, 0.3) is 0 Å². The van der Waals surface area contributed by atoms with Crippen LogP contribution in [-0.2, 0) is 16.1 Å². The van der Waals surface area contributed by atoms with E-state index in [1.807, 2.05) is 71.6 Å². The van der Waals surface area contributed by atoms with Gasteiger partial charge in [0.05, 0.1) is 12.2 Å². The molecule has 1 fully saturated rings. The average Bonchev–Trinajstić information content (AvgIpc) is 3.04. The highest BCUT2D eigenvalue weighted by Gasteiger charge is 2.22. The summed E-state index contributed by atoms with van der Waals surface area (Å²) in [6.07, 6.45) is 0.346. The molecule has 0 aromatic heterocycles. The number of benzene rings is 4. The molecule has 1 heterocycles. The number of ether oxygens (including phenoxy) is 2. The van der Waals surface area contributed by atoms with Gasteiger partial charge in [0, 0.05) is 63.1 Å². The maximum absolute atomic E-state index is 13.6. The summed E-state index contributed by atoms with van der Waals surface area (Å²) in [7, 11) is 0. The van der Waals surface area contributed by atoms with E-state index in [0.29, 0.717) is 63.6 Å². The Morgan fingerprint density at radius 2 is 1.51 bits per heavy atom. The quantitative estimate of drug-likeness (QED) is 0.188. The number of hydrogen-bond donors (Lipinski definition) is 0. The standard InChI is InChI=1S/C35H36FN3O4/c1-2-42-35(41)28-13-17-30(18-14-28)37-21-23-38(24-22-37)34(40)19-20-39(26-27-11-15-29(36)16-12-27)31-7-6-10-33(25-31)43-32-8-4-3-5-9-32/h3-18,25H,2,19-24,26H2,1H3. The van der Waals surface area contributed by atoms with Crippen LogP contribution in [0.5, 0.6) is 11.5 Å². The number of halogens is 1. The fraction of sp³-hybridized carbons (Fsp3) is 0.257. The third-order valence-electron chi connectivity index (χ3n) is 7.42. The first-order valence-corrected chi connectivity index (χ1v) is 14.6. The highest BCUT2D eigenvalue weighted by atomic mass is 19.1. The molecule has 4 aromatic carbocycles. The Morgan fingerprint density at radius 1 is 0.814 bits per heavy atom. The third kappa shape index (κ3) is 8.13. The van der Waals surface area contributed by atoms with Gasteiger partial charge in [-0.15, -0.1) is 0 Å². The van der Waals surface area contributed by atoms with Crippen LogP contribution in [-0.4, -0.2) is 56.1 Å². The van der Waals surface area contributed by atoms with E-state index in [-0.39, 0.29) is 17.7 Å². The molecule has 8 heteroatoms. The van der Waals surface area contributed by atoms with Crippen LogP contribution in [0.15, 0.2) is 103 Å². The van der Waals surface area contributed by atoms with Crippen molar-refractivity contribution in [2.75, 3.05) is 49.1 Å². The number of nitrogens with zero attached hydrogens (tertiary/aromatic N) is 3. The predicted molar refractivity (Wildman–Crippen MR) is 166 cm³/mol. The van der Waals surface area contributed by atoms with E-state index in [0.717, 1.165) is 22.7 Å². The Labute approximate surface area is 252 Å². The summed E-state index contributed by atoms with van der Waals surface area (Å²) in [5.41, 5.74) is 3.41. The van der Waals surface area contributed by atoms with Crippen molar-refractivity contribution in [3.8, 4) is 11.5 Å². The Kier molecular flexibility index (Phi) is 9.90. The number of rotatable bonds is 11. The first kappa shape index (κ1) is 29.6. The maximum Gasteiger partial charge on any atom is 0.338 e. The number of carbonyl (C=O) groups is 2. The first-order valence-electron chi connectivity index (χ1n) is 14.6. The van der Waals surface area contributed by atoms with Gasteiger partial charge < -0.3 is 24.2 Å². The van der Waals surface area contributed by atoms with Crippen molar-refractivity contribution in [1.29, 1.82) is 0 Å². The number of amides is 1. The molecular weight excluding hydrogens is 545 g/mol. The number of esters is 1. The minimum Gasteiger partial charge on any atom is -0.462 e. The van der Waals surface area contributed by atoms with Crippen molar-refractivity contribution in [3.05, 3.63) is 120 Å². The van der Waals surface area contributed by atoms with E-state index in [4.69, 9.17) is 9.47 Å². The second-order valence-electron chi connectivity index (χ2n) is 10.3. The van der Waals surface area contributed by atoms with E-state index >= 15 is 0 Å². The molecule has 4 aromatic rings. The molecule has 1 amide bonds. The molecule has 7 nitrogen and oxygen atoms in total. The van der Waals surface area contributed by atoms with E-state index in [1.165, 1.54) is 12.1 Å². The Hall–Kier alpha value is -4.85. The van der Waals surface area contributed by atoms with Crippen molar-refractivity contribution in [1.82, 2.24) is 4.90 Å². The molecule has 0 unspecified atom stereocenters. The molecule has 0 radical (unpaired) electrons. The summed E-state index contributed by atoms with van der Waals surface area (Å²) in [4.78, 5) is 31.5. The van der Waals surface area contributed by atoms with Gasteiger partial charge in [-0.05, 0) is 73.2 Å². The van der Waals surface area contributed by atoms with E-state index in [9.17, 15) is 14.0 Å². The molecule has 0 aliphatic carbocycles. The molecule has 1 aliphatic heterocycles. The van der Waals surface area contributed by atoms with Crippen molar-refractivity contribution < 1.29 is 23.5 Å². The van der Waals surface area contributed by atoms with Crippen LogP contribution in [0.3, 0.4) is 0 Å². The lowest BCUT2D eigenvalue weighted by molar-refractivity contribution is -0.131. The number of carbonyl (C=O) groups excluding carboxylic acids is 2. The summed E-state index contributed by atoms with van der Waals surface area (Å²) >= 11 is 0. The van der Waals surface area contributed by atoms with Gasteiger partial charge in [-0.3, -0.25) is 4.79 Å². The molecule has 1 saturated heterocycles. The monoisotopic (exact) mass is 581 g/mol. The van der Waals surface area contributed by atoms with Gasteiger partial charge in [0.2, 0.25) is 5.91 Å². The summed E-state index contributed by atoms with van der Waals surface area (Å²) < 4.78 is 24.7. The number of hydrogen-bond acceptors (Lipinski definition) is 6. The van der Waals surface area contributed by atoms with E-state index < -0.39 is 0 Å². The zero-order valence-electron chi connectivity index (χ0n) is 24.3. The van der Waals surface area contributed by atoms with Crippen molar-refractivity contribution in [3.63, 3.8) is 0 Å². The fourth-order valence-corrected chi connectivity index (χ4v) is 5.10. The van der Waals surface area contributed by atoms with Crippen molar-refractivity contribution in [2.24, 2.45) is 0 Å². The van der Waals surface area contributed by atoms with Crippen LogP contribution >= 0.6 is 0 Å². The van der Waals surface area contributed by atoms with Crippen molar-refractivity contribution in [2.45, 2.75) is 19.9 Å². The molecule has 5 rings (SSSR count). The second-order valence-corrected chi connectivity index (χ2v) is 10.3. The van der Waals surface area contributed by atoms with Gasteiger partial charge in [0.15, 0.2) is 0 Å². The van der Waals surface area contributed by atoms with Crippen LogP contribution in [0, 0.1) is 5.82 Å². The SMILES string of the molecule is CCOC(=O)c1ccc(N2CCN(C(=O)CCN(Cc3ccc(F)cc3)c3cccc(Oc4ccccc4)c3)CC2)cc1. The van der Waals surface area contributed by atoms with Gasteiger partial charge in [-0.1, -0.05) is 36.4 Å². The summed E-state index contributed by atoms with van der Waals surface area (Å²) in [5, 5.41) is 0. The summed E-state index contributed by atoms with van der Waals surface area (Å²) in [6.45, 7) is 5.82. The zero-order valence-corrected chi connectivity index (χ0v) is 24.3. The molecule has 0 bridgehead atoms. The lowest BCUT2D eigenvalue weighted by Gasteiger charge is -2.36. The molecule has 0 spiro atoms. The Balaban J connectivity index is 1.21. The fourth-order valence-electron chi connectivity index (χ4n) is 5.10. The summed E-state index contributed by atoms with van der Waals surface area (Å²) in [6, 6.07) is 31.3. The van der Waals surface area contributed by atoms with Crippen LogP contribution in [0.1, 0.15) is 29.3 Å². The zero-order chi connectivity index (χ0) is 30.0. The van der Waals surface area contributed by atoms with Gasteiger partial charge in [0.1, 0.15) is 17.3 Å². The lowest BCUT2D eigenvalue weighted by Crippen LogP contribution is -2.49. The molecule has 0 atom stereocenters. The number of anilines is 2. The molecule has 43 heavy (non-hydrogen) atoms. The van der Waals surface area contributed by atoms with Gasteiger partial charge in [-0.2, -0.15) is 0 Å². The number of para-hydroxylation sites is 1. The van der Waals surface area contributed by atoms with Crippen molar-refractivity contribution >= 4 is 23.3 Å². The average molecular weight is 582 g/mol. The maximum atomic E-state index is 13.6. The molecule has 1 aliphatic rings. The highest BCUT2D eigenvalue weighted by molar-refractivity contribution is 5.89. The Morgan fingerprint density at radius 3 is 2.21 bits per heavy atom. The number of piperazine rings is 1. The second kappa shape index (κ2) is 14.4. The molecule has 0 saturated carbocycles. The minimum atomic E-state index is -0.326. The minimum absolute atomic E-state index is 0.0955. The largest absolute Gasteiger partial charge is 0.462 e. The Bertz CT molecular complexity index is 1490. The van der Waals surface area contributed by atoms with Gasteiger partial charge in [-0.25, -0.2) is 9.18 Å². The molecule has 222 valence electrons. The van der Waals surface area contributed by atoms with E-state index in [2.05, 4.69) is 9.80 Å². The summed E-state index contributed by atoms with van der Waals surface area (Å²) in [5.74, 6) is 0.934. The van der Waals surface area contributed by atoms with Crippen LogP contribution in [0.2, 0.25) is 0 Å². The lowest BCUT2D eigenvalue weighted by atomic mass is 10.1. The third-order valence-corrected chi connectivity index (χ3v) is 7.42. The smallest absolute Gasteiger partial charge is 0.338 e. The van der Waals surface area contributed by atoms with Gasteiger partial charge >= 0.3 is 5.97 Å². The predicted octanol–water partition coefficient (Wildman–Crippen LogP) is 6.54. The van der Waals surface area contributed by atoms with E-state index in [1.54, 1.807) is 31.2 Å².